The number of para-hydroxylation sites is 1. The van der Waals surface area contributed by atoms with E-state index < -0.39 is 0 Å². The van der Waals surface area contributed by atoms with Crippen molar-refractivity contribution in [1.82, 2.24) is 9.88 Å². The largest absolute Gasteiger partial charge is 0.358 e. The van der Waals surface area contributed by atoms with E-state index in [4.69, 9.17) is 0 Å². The van der Waals surface area contributed by atoms with Crippen LogP contribution < -0.4 is 0 Å². The van der Waals surface area contributed by atoms with Gasteiger partial charge in [0.1, 0.15) is 0 Å². The summed E-state index contributed by atoms with van der Waals surface area (Å²) in [6.07, 6.45) is 2.61. The third-order valence-electron chi connectivity index (χ3n) is 5.39. The molecule has 4 rings (SSSR count). The molecule has 1 N–H and O–H groups in total. The molecule has 3 aromatic rings. The van der Waals surface area contributed by atoms with Gasteiger partial charge in [-0.2, -0.15) is 0 Å². The van der Waals surface area contributed by atoms with E-state index in [9.17, 15) is 4.79 Å². The Morgan fingerprint density at radius 2 is 1.88 bits per heavy atom. The number of H-pyrrole nitrogens is 1. The molecule has 0 spiro atoms. The van der Waals surface area contributed by atoms with Gasteiger partial charge in [-0.15, -0.1) is 0 Å². The summed E-state index contributed by atoms with van der Waals surface area (Å²) in [5.74, 6) is 0.232. The predicted octanol–water partition coefficient (Wildman–Crippen LogP) is 4.69. The van der Waals surface area contributed by atoms with E-state index >= 15 is 0 Å². The van der Waals surface area contributed by atoms with Gasteiger partial charge in [0.25, 0.3) is 0 Å². The van der Waals surface area contributed by atoms with Crippen LogP contribution in [-0.4, -0.2) is 22.3 Å². The van der Waals surface area contributed by atoms with Gasteiger partial charge in [-0.1, -0.05) is 48.0 Å². The first-order valence-electron chi connectivity index (χ1n) is 9.05. The quantitative estimate of drug-likeness (QED) is 0.742. The number of likely N-dealkylation sites (tertiary alicyclic amines) is 1. The van der Waals surface area contributed by atoms with Crippen molar-refractivity contribution in [2.45, 2.75) is 39.2 Å². The van der Waals surface area contributed by atoms with E-state index in [-0.39, 0.29) is 11.9 Å². The fraction of sp³-hybridized carbons (Fsp3) is 0.318. The summed E-state index contributed by atoms with van der Waals surface area (Å²) in [6, 6.07) is 17.1. The van der Waals surface area contributed by atoms with E-state index in [0.29, 0.717) is 6.42 Å². The number of hydrogen-bond acceptors (Lipinski definition) is 1. The first-order chi connectivity index (χ1) is 12.1. The number of fused-ring (bicyclic) bond motifs is 1. The normalized spacial score (nSPS) is 17.4. The molecule has 0 aliphatic carbocycles. The number of benzene rings is 2. The maximum absolute atomic E-state index is 13.1. The molecular formula is C22H24N2O. The minimum absolute atomic E-state index is 0.221. The Kier molecular flexibility index (Phi) is 4.08. The zero-order chi connectivity index (χ0) is 17.4. The highest BCUT2D eigenvalue weighted by Gasteiger charge is 2.30. The van der Waals surface area contributed by atoms with Crippen LogP contribution in [0, 0.1) is 13.8 Å². The Morgan fingerprint density at radius 3 is 2.68 bits per heavy atom. The second kappa shape index (κ2) is 6.40. The van der Waals surface area contributed by atoms with Crippen LogP contribution >= 0.6 is 0 Å². The third kappa shape index (κ3) is 2.95. The smallest absolute Gasteiger partial charge is 0.227 e. The minimum atomic E-state index is 0.221. The highest BCUT2D eigenvalue weighted by Crippen LogP contribution is 2.33. The number of aromatic amines is 1. The van der Waals surface area contributed by atoms with E-state index in [1.54, 1.807) is 0 Å². The molecule has 3 nitrogen and oxygen atoms in total. The highest BCUT2D eigenvalue weighted by atomic mass is 16.2. The van der Waals surface area contributed by atoms with Gasteiger partial charge in [-0.3, -0.25) is 4.79 Å². The topological polar surface area (TPSA) is 36.1 Å². The standard InChI is InChI=1S/C22H24N2O/c1-15-9-11-17(12-10-15)21-8-5-13-24(21)22(25)14-19-16(2)23-20-7-4-3-6-18(19)20/h3-4,6-7,9-12,21,23H,5,8,13-14H2,1-2H3. The number of rotatable bonds is 3. The lowest BCUT2D eigenvalue weighted by Gasteiger charge is -2.25. The zero-order valence-electron chi connectivity index (χ0n) is 14.9. The molecule has 1 atom stereocenters. The minimum Gasteiger partial charge on any atom is -0.358 e. The lowest BCUT2D eigenvalue weighted by Crippen LogP contribution is -2.32. The second-order valence-electron chi connectivity index (χ2n) is 7.11. The van der Waals surface area contributed by atoms with Gasteiger partial charge in [0, 0.05) is 23.1 Å². The summed E-state index contributed by atoms with van der Waals surface area (Å²) in [4.78, 5) is 18.5. The molecule has 128 valence electrons. The summed E-state index contributed by atoms with van der Waals surface area (Å²) in [5.41, 5.74) is 5.86. The molecule has 3 heteroatoms. The molecule has 1 saturated heterocycles. The Morgan fingerprint density at radius 1 is 1.12 bits per heavy atom. The fourth-order valence-corrected chi connectivity index (χ4v) is 4.02. The number of hydrogen-bond donors (Lipinski definition) is 1. The molecule has 0 bridgehead atoms. The van der Waals surface area contributed by atoms with Gasteiger partial charge in [0.2, 0.25) is 5.91 Å². The van der Waals surface area contributed by atoms with Crippen molar-refractivity contribution in [2.24, 2.45) is 0 Å². The first-order valence-corrected chi connectivity index (χ1v) is 9.05. The highest BCUT2D eigenvalue weighted by molar-refractivity contribution is 5.90. The summed E-state index contributed by atoms with van der Waals surface area (Å²) >= 11 is 0. The van der Waals surface area contributed by atoms with Gasteiger partial charge in [0.05, 0.1) is 12.5 Å². The Bertz CT molecular complexity index is 907. The van der Waals surface area contributed by atoms with Crippen LogP contribution in [0.25, 0.3) is 10.9 Å². The molecular weight excluding hydrogens is 308 g/mol. The third-order valence-corrected chi connectivity index (χ3v) is 5.39. The fourth-order valence-electron chi connectivity index (χ4n) is 4.02. The van der Waals surface area contributed by atoms with Gasteiger partial charge in [0.15, 0.2) is 0 Å². The lowest BCUT2D eigenvalue weighted by atomic mass is 10.0. The molecule has 1 amide bonds. The van der Waals surface area contributed by atoms with Crippen LogP contribution in [0.2, 0.25) is 0 Å². The van der Waals surface area contributed by atoms with Crippen molar-refractivity contribution in [1.29, 1.82) is 0 Å². The van der Waals surface area contributed by atoms with Gasteiger partial charge in [-0.25, -0.2) is 0 Å². The van der Waals surface area contributed by atoms with Crippen LogP contribution in [-0.2, 0) is 11.2 Å². The van der Waals surface area contributed by atoms with E-state index in [0.717, 1.165) is 36.2 Å². The lowest BCUT2D eigenvalue weighted by molar-refractivity contribution is -0.131. The number of carbonyl (C=O) groups is 1. The zero-order valence-corrected chi connectivity index (χ0v) is 14.9. The summed E-state index contributed by atoms with van der Waals surface area (Å²) < 4.78 is 0. The summed E-state index contributed by atoms with van der Waals surface area (Å²) in [5, 5.41) is 1.17. The Hall–Kier alpha value is -2.55. The number of carbonyl (C=O) groups excluding carboxylic acids is 1. The summed E-state index contributed by atoms with van der Waals surface area (Å²) in [6.45, 7) is 5.02. The number of amides is 1. The molecule has 1 unspecified atom stereocenters. The van der Waals surface area contributed by atoms with Crippen molar-refractivity contribution in [3.8, 4) is 0 Å². The van der Waals surface area contributed by atoms with Crippen molar-refractivity contribution < 1.29 is 4.79 Å². The monoisotopic (exact) mass is 332 g/mol. The van der Waals surface area contributed by atoms with Crippen LogP contribution in [0.5, 0.6) is 0 Å². The Balaban J connectivity index is 1.59. The molecule has 0 saturated carbocycles. The average Bonchev–Trinajstić information content (AvgIpc) is 3.21. The average molecular weight is 332 g/mol. The van der Waals surface area contributed by atoms with E-state index in [1.807, 2.05) is 12.1 Å². The Labute approximate surface area is 148 Å². The van der Waals surface area contributed by atoms with E-state index in [1.165, 1.54) is 16.5 Å². The SMILES string of the molecule is Cc1ccc(C2CCCN2C(=O)Cc2c(C)[nH]c3ccccc23)cc1. The van der Waals surface area contributed by atoms with Crippen molar-refractivity contribution in [2.75, 3.05) is 6.54 Å². The van der Waals surface area contributed by atoms with Crippen LogP contribution in [0.4, 0.5) is 0 Å². The van der Waals surface area contributed by atoms with Crippen LogP contribution in [0.3, 0.4) is 0 Å². The summed E-state index contributed by atoms with van der Waals surface area (Å²) in [7, 11) is 0. The van der Waals surface area contributed by atoms with Crippen molar-refractivity contribution >= 4 is 16.8 Å². The van der Waals surface area contributed by atoms with E-state index in [2.05, 4.69) is 60.1 Å². The number of aromatic nitrogens is 1. The van der Waals surface area contributed by atoms with Crippen LogP contribution in [0.15, 0.2) is 48.5 Å². The molecule has 1 aliphatic rings. The number of nitrogens with one attached hydrogen (secondary N) is 1. The van der Waals surface area contributed by atoms with Gasteiger partial charge < -0.3 is 9.88 Å². The molecule has 1 aromatic heterocycles. The van der Waals surface area contributed by atoms with Gasteiger partial charge >= 0.3 is 0 Å². The predicted molar refractivity (Wildman–Crippen MR) is 102 cm³/mol. The number of aryl methyl sites for hydroxylation is 2. The maximum Gasteiger partial charge on any atom is 0.227 e. The second-order valence-corrected chi connectivity index (χ2v) is 7.11. The molecule has 2 heterocycles. The molecule has 2 aromatic carbocycles. The van der Waals surface area contributed by atoms with Crippen LogP contribution in [0.1, 0.15) is 41.3 Å². The van der Waals surface area contributed by atoms with Crippen molar-refractivity contribution in [3.63, 3.8) is 0 Å². The molecule has 1 aliphatic heterocycles. The van der Waals surface area contributed by atoms with Gasteiger partial charge in [-0.05, 0) is 43.9 Å². The maximum atomic E-state index is 13.1. The molecule has 0 radical (unpaired) electrons. The first kappa shape index (κ1) is 15.9. The van der Waals surface area contributed by atoms with Crippen molar-refractivity contribution in [3.05, 3.63) is 70.9 Å². The molecule has 1 fully saturated rings. The molecule has 25 heavy (non-hydrogen) atoms. The number of nitrogens with zero attached hydrogens (tertiary/aromatic N) is 1.